The molecule has 1 aromatic carbocycles. The van der Waals surface area contributed by atoms with Crippen molar-refractivity contribution in [1.29, 1.82) is 0 Å². The zero-order valence-electron chi connectivity index (χ0n) is 8.78. The third-order valence-electron chi connectivity index (χ3n) is 1.35. The molecule has 1 rings (SSSR count). The summed E-state index contributed by atoms with van der Waals surface area (Å²) in [7, 11) is 0. The highest BCUT2D eigenvalue weighted by Crippen LogP contribution is 2.11. The standard InChI is InChI=1S/C8H9NO2/c1-2-7-3-5-8(6-4-7)9(10)11/h3-6H,2H2,1H3/i1D3. The van der Waals surface area contributed by atoms with Crippen molar-refractivity contribution in [2.24, 2.45) is 0 Å². The van der Waals surface area contributed by atoms with Gasteiger partial charge in [-0.1, -0.05) is 19.0 Å². The predicted octanol–water partition coefficient (Wildman–Crippen LogP) is 2.16. The molecule has 58 valence electrons. The topological polar surface area (TPSA) is 43.1 Å². The van der Waals surface area contributed by atoms with Crippen molar-refractivity contribution in [3.63, 3.8) is 0 Å². The lowest BCUT2D eigenvalue weighted by molar-refractivity contribution is -0.384. The molecular weight excluding hydrogens is 142 g/mol. The molecular formula is C8H9NO2. The van der Waals surface area contributed by atoms with Gasteiger partial charge in [-0.2, -0.15) is 0 Å². The van der Waals surface area contributed by atoms with Gasteiger partial charge < -0.3 is 0 Å². The summed E-state index contributed by atoms with van der Waals surface area (Å²) < 4.78 is 21.0. The number of nitrogens with zero attached hydrogens (tertiary/aromatic N) is 1. The summed E-state index contributed by atoms with van der Waals surface area (Å²) in [6, 6.07) is 5.54. The third kappa shape index (κ3) is 1.77. The Kier molecular flexibility index (Phi) is 1.28. The molecule has 0 amide bonds. The molecule has 1 aromatic rings. The van der Waals surface area contributed by atoms with Crippen LogP contribution in [0.2, 0.25) is 0 Å². The van der Waals surface area contributed by atoms with Gasteiger partial charge in [0.05, 0.1) is 4.92 Å². The second-order valence-electron chi connectivity index (χ2n) is 2.10. The summed E-state index contributed by atoms with van der Waals surface area (Å²) in [5, 5.41) is 10.3. The lowest BCUT2D eigenvalue weighted by atomic mass is 10.2. The minimum absolute atomic E-state index is 0.0284. The van der Waals surface area contributed by atoms with E-state index in [4.69, 9.17) is 4.11 Å². The van der Waals surface area contributed by atoms with Crippen LogP contribution in [0.1, 0.15) is 16.5 Å². The molecule has 0 radical (unpaired) electrons. The minimum atomic E-state index is -2.03. The minimum Gasteiger partial charge on any atom is -0.258 e. The largest absolute Gasteiger partial charge is 0.269 e. The average molecular weight is 154 g/mol. The lowest BCUT2D eigenvalue weighted by Gasteiger charge is -1.93. The number of benzene rings is 1. The van der Waals surface area contributed by atoms with Crippen LogP contribution in [0.15, 0.2) is 24.3 Å². The highest BCUT2D eigenvalue weighted by atomic mass is 16.6. The van der Waals surface area contributed by atoms with Crippen LogP contribution in [-0.2, 0) is 6.42 Å². The van der Waals surface area contributed by atoms with E-state index in [0.717, 1.165) is 0 Å². The van der Waals surface area contributed by atoms with Crippen LogP contribution in [0.3, 0.4) is 0 Å². The maximum atomic E-state index is 10.3. The molecule has 3 heteroatoms. The van der Waals surface area contributed by atoms with Crippen molar-refractivity contribution in [2.45, 2.75) is 13.3 Å². The van der Waals surface area contributed by atoms with E-state index in [1.54, 1.807) is 0 Å². The summed E-state index contributed by atoms with van der Waals surface area (Å²) in [4.78, 5) is 9.78. The molecule has 0 aliphatic heterocycles. The Hall–Kier alpha value is -1.38. The fourth-order valence-electron chi connectivity index (χ4n) is 0.736. The smallest absolute Gasteiger partial charge is 0.258 e. The first-order chi connectivity index (χ1) is 6.38. The van der Waals surface area contributed by atoms with Crippen molar-refractivity contribution >= 4 is 5.69 Å². The van der Waals surface area contributed by atoms with Crippen molar-refractivity contribution in [2.75, 3.05) is 0 Å². The number of hydrogen-bond donors (Lipinski definition) is 0. The molecule has 11 heavy (non-hydrogen) atoms. The molecule has 0 bridgehead atoms. The summed E-state index contributed by atoms with van der Waals surface area (Å²) >= 11 is 0. The Bertz CT molecular complexity index is 331. The molecule has 0 heterocycles. The summed E-state index contributed by atoms with van der Waals surface area (Å²) in [6.45, 7) is -2.03. The number of aryl methyl sites for hydroxylation is 1. The third-order valence-corrected chi connectivity index (χ3v) is 1.35. The molecule has 0 aliphatic carbocycles. The van der Waals surface area contributed by atoms with Gasteiger partial charge in [0.25, 0.3) is 5.69 Å². The molecule has 0 spiro atoms. The molecule has 0 aliphatic rings. The summed E-state index contributed by atoms with van der Waals surface area (Å²) in [5.74, 6) is 0. The normalized spacial score (nSPS) is 14.7. The summed E-state index contributed by atoms with van der Waals surface area (Å²) in [5.41, 5.74) is 0.551. The number of nitro groups is 1. The fourth-order valence-corrected chi connectivity index (χ4v) is 0.736. The van der Waals surface area contributed by atoms with Gasteiger partial charge in [-0.15, -0.1) is 0 Å². The van der Waals surface area contributed by atoms with Crippen LogP contribution in [-0.4, -0.2) is 4.92 Å². The quantitative estimate of drug-likeness (QED) is 0.484. The number of nitro benzene ring substituents is 1. The van der Waals surface area contributed by atoms with Gasteiger partial charge in [0.2, 0.25) is 0 Å². The van der Waals surface area contributed by atoms with E-state index in [1.165, 1.54) is 24.3 Å². The van der Waals surface area contributed by atoms with Crippen molar-refractivity contribution in [3.8, 4) is 0 Å². The predicted molar refractivity (Wildman–Crippen MR) is 42.5 cm³/mol. The Morgan fingerprint density at radius 1 is 1.55 bits per heavy atom. The molecule has 0 saturated carbocycles. The van der Waals surface area contributed by atoms with E-state index in [2.05, 4.69) is 0 Å². The molecule has 0 N–H and O–H groups in total. The average Bonchev–Trinajstić information content (AvgIpc) is 2.02. The van der Waals surface area contributed by atoms with Gasteiger partial charge in [0, 0.05) is 16.2 Å². The van der Waals surface area contributed by atoms with Gasteiger partial charge in [-0.3, -0.25) is 10.1 Å². The first-order valence-electron chi connectivity index (χ1n) is 4.62. The number of rotatable bonds is 2. The van der Waals surface area contributed by atoms with Crippen LogP contribution < -0.4 is 0 Å². The Morgan fingerprint density at radius 2 is 2.18 bits per heavy atom. The SMILES string of the molecule is [2H]C([2H])([2H])Cc1ccc([N+](=O)[O-])cc1. The lowest BCUT2D eigenvalue weighted by Crippen LogP contribution is -1.87. The molecule has 0 atom stereocenters. The van der Waals surface area contributed by atoms with Crippen molar-refractivity contribution < 1.29 is 9.04 Å². The molecule has 0 unspecified atom stereocenters. The second kappa shape index (κ2) is 3.14. The summed E-state index contributed by atoms with van der Waals surface area (Å²) in [6.07, 6.45) is -0.0645. The van der Waals surface area contributed by atoms with E-state index in [9.17, 15) is 10.1 Å². The monoisotopic (exact) mass is 154 g/mol. The maximum absolute atomic E-state index is 10.3. The number of non-ortho nitro benzene ring substituents is 1. The molecule has 0 saturated heterocycles. The zero-order valence-corrected chi connectivity index (χ0v) is 5.78. The van der Waals surface area contributed by atoms with E-state index >= 15 is 0 Å². The van der Waals surface area contributed by atoms with E-state index in [1.807, 2.05) is 0 Å². The van der Waals surface area contributed by atoms with E-state index in [0.29, 0.717) is 5.56 Å². The van der Waals surface area contributed by atoms with Crippen LogP contribution >= 0.6 is 0 Å². The molecule has 0 aromatic heterocycles. The second-order valence-corrected chi connectivity index (χ2v) is 2.10. The highest BCUT2D eigenvalue weighted by molar-refractivity contribution is 5.32. The van der Waals surface area contributed by atoms with E-state index < -0.39 is 11.8 Å². The fraction of sp³-hybridized carbons (Fsp3) is 0.250. The molecule has 3 nitrogen and oxygen atoms in total. The van der Waals surface area contributed by atoms with Gasteiger partial charge in [0.15, 0.2) is 0 Å². The Balaban J connectivity index is 2.79. The van der Waals surface area contributed by atoms with E-state index in [-0.39, 0.29) is 12.1 Å². The molecule has 0 fully saturated rings. The van der Waals surface area contributed by atoms with Gasteiger partial charge in [-0.05, 0) is 12.0 Å². The van der Waals surface area contributed by atoms with Crippen LogP contribution in [0.4, 0.5) is 5.69 Å². The maximum Gasteiger partial charge on any atom is 0.269 e. The first kappa shape index (κ1) is 4.49. The van der Waals surface area contributed by atoms with Gasteiger partial charge >= 0.3 is 0 Å². The van der Waals surface area contributed by atoms with Gasteiger partial charge in [0.1, 0.15) is 0 Å². The van der Waals surface area contributed by atoms with Crippen molar-refractivity contribution in [1.82, 2.24) is 0 Å². The number of hydrogen-bond acceptors (Lipinski definition) is 2. The zero-order chi connectivity index (χ0) is 10.8. The first-order valence-corrected chi connectivity index (χ1v) is 3.12. The van der Waals surface area contributed by atoms with Crippen molar-refractivity contribution in [3.05, 3.63) is 39.9 Å². The Labute approximate surface area is 69.0 Å². The van der Waals surface area contributed by atoms with Gasteiger partial charge in [-0.25, -0.2) is 0 Å². The van der Waals surface area contributed by atoms with Crippen LogP contribution in [0, 0.1) is 10.1 Å². The van der Waals surface area contributed by atoms with Crippen LogP contribution in [0.5, 0.6) is 0 Å². The van der Waals surface area contributed by atoms with Crippen LogP contribution in [0.25, 0.3) is 0 Å². The Morgan fingerprint density at radius 3 is 2.64 bits per heavy atom. The highest BCUT2D eigenvalue weighted by Gasteiger charge is 2.01.